The molecule has 3 aromatic rings. The van der Waals surface area contributed by atoms with E-state index in [1.54, 1.807) is 13.1 Å². The number of rotatable bonds is 9. The molecular formula is C28H29BrN4O5. The van der Waals surface area contributed by atoms with Gasteiger partial charge in [-0.3, -0.25) is 19.3 Å². The standard InChI is InChI=1S/C28H29BrN4O5/c1-3-36-27(35)37-15-13-28(11-12-28)38-24(34)10-8-22-26-31-17-18(2)33(26)23-9-7-19(29)16-20(23)25(32-22)21-6-4-5-14-30-21/h4-7,9,14,16-17,22H,3,8,10-13,15H2,1-2H3/t22-/m0/s1. The van der Waals surface area contributed by atoms with Gasteiger partial charge in [-0.2, -0.15) is 0 Å². The SMILES string of the molecule is CCOC(=O)OCCC1(OC(=O)CC[C@@H]2N=C(c3ccccn3)c3cc(Br)ccc3-n3c(C)cnc32)CC1. The molecular weight excluding hydrogens is 552 g/mol. The Morgan fingerprint density at radius 2 is 2.00 bits per heavy atom. The topological polar surface area (TPSA) is 105 Å². The number of nitrogens with zero attached hydrogens (tertiary/aromatic N) is 4. The lowest BCUT2D eigenvalue weighted by molar-refractivity contribution is -0.152. The van der Waals surface area contributed by atoms with E-state index >= 15 is 0 Å². The zero-order valence-corrected chi connectivity index (χ0v) is 22.9. The molecule has 38 heavy (non-hydrogen) atoms. The maximum atomic E-state index is 12.9. The fourth-order valence-electron chi connectivity index (χ4n) is 4.65. The van der Waals surface area contributed by atoms with E-state index in [1.807, 2.05) is 49.5 Å². The van der Waals surface area contributed by atoms with Crippen molar-refractivity contribution in [1.29, 1.82) is 0 Å². The lowest BCUT2D eigenvalue weighted by atomic mass is 10.0. The third-order valence-corrected chi connectivity index (χ3v) is 7.20. The molecule has 0 saturated heterocycles. The van der Waals surface area contributed by atoms with E-state index in [0.29, 0.717) is 12.8 Å². The molecule has 10 heteroatoms. The summed E-state index contributed by atoms with van der Waals surface area (Å²) in [6, 6.07) is 11.4. The number of benzene rings is 1. The van der Waals surface area contributed by atoms with Crippen molar-refractivity contribution < 1.29 is 23.8 Å². The number of aromatic nitrogens is 3. The Hall–Kier alpha value is -3.53. The van der Waals surface area contributed by atoms with Crippen molar-refractivity contribution in [2.75, 3.05) is 13.2 Å². The molecule has 0 N–H and O–H groups in total. The van der Waals surface area contributed by atoms with Gasteiger partial charge in [-0.05, 0) is 63.4 Å². The Morgan fingerprint density at radius 1 is 1.16 bits per heavy atom. The van der Waals surface area contributed by atoms with Gasteiger partial charge in [-0.25, -0.2) is 9.78 Å². The average Bonchev–Trinajstić information content (AvgIpc) is 3.58. The molecule has 198 valence electrons. The van der Waals surface area contributed by atoms with Gasteiger partial charge >= 0.3 is 12.1 Å². The molecule has 2 aromatic heterocycles. The van der Waals surface area contributed by atoms with Crippen LogP contribution in [0.25, 0.3) is 5.69 Å². The minimum atomic E-state index is -0.705. The molecule has 0 radical (unpaired) electrons. The fraction of sp³-hybridized carbons (Fsp3) is 0.393. The Morgan fingerprint density at radius 3 is 2.74 bits per heavy atom. The van der Waals surface area contributed by atoms with Crippen molar-refractivity contribution in [3.8, 4) is 5.69 Å². The van der Waals surface area contributed by atoms with Crippen LogP contribution in [0.15, 0.2) is 58.3 Å². The monoisotopic (exact) mass is 580 g/mol. The van der Waals surface area contributed by atoms with Crippen LogP contribution in [-0.2, 0) is 19.0 Å². The average molecular weight is 581 g/mol. The van der Waals surface area contributed by atoms with Gasteiger partial charge in [0.1, 0.15) is 17.5 Å². The molecule has 1 aromatic carbocycles. The number of halogens is 1. The Balaban J connectivity index is 1.35. The first-order valence-electron chi connectivity index (χ1n) is 12.7. The van der Waals surface area contributed by atoms with E-state index in [1.165, 1.54) is 0 Å². The molecule has 1 fully saturated rings. The van der Waals surface area contributed by atoms with Crippen molar-refractivity contribution >= 4 is 33.8 Å². The maximum Gasteiger partial charge on any atom is 0.508 e. The number of carbonyl (C=O) groups is 2. The zero-order valence-electron chi connectivity index (χ0n) is 21.4. The third-order valence-electron chi connectivity index (χ3n) is 6.71. The summed E-state index contributed by atoms with van der Waals surface area (Å²) in [4.78, 5) is 38.7. The summed E-state index contributed by atoms with van der Waals surface area (Å²) >= 11 is 3.60. The van der Waals surface area contributed by atoms with E-state index in [9.17, 15) is 9.59 Å². The highest BCUT2D eigenvalue weighted by Gasteiger charge is 2.46. The van der Waals surface area contributed by atoms with Crippen LogP contribution in [0.3, 0.4) is 0 Å². The van der Waals surface area contributed by atoms with Crippen LogP contribution in [0, 0.1) is 6.92 Å². The largest absolute Gasteiger partial charge is 0.508 e. The first-order chi connectivity index (χ1) is 18.4. The normalized spacial score (nSPS) is 16.9. The molecule has 1 aliphatic carbocycles. The number of aliphatic imine (C=N–C) groups is 1. The smallest absolute Gasteiger partial charge is 0.459 e. The van der Waals surface area contributed by atoms with Gasteiger partial charge in [0.2, 0.25) is 0 Å². The van der Waals surface area contributed by atoms with Crippen molar-refractivity contribution in [1.82, 2.24) is 14.5 Å². The maximum absolute atomic E-state index is 12.9. The molecule has 1 saturated carbocycles. The van der Waals surface area contributed by atoms with Crippen LogP contribution in [0.5, 0.6) is 0 Å². The van der Waals surface area contributed by atoms with Crippen LogP contribution < -0.4 is 0 Å². The number of esters is 1. The first-order valence-corrected chi connectivity index (χ1v) is 13.5. The molecule has 5 rings (SSSR count). The third kappa shape index (κ3) is 5.65. The molecule has 0 spiro atoms. The van der Waals surface area contributed by atoms with Crippen LogP contribution >= 0.6 is 15.9 Å². The quantitative estimate of drug-likeness (QED) is 0.301. The summed E-state index contributed by atoms with van der Waals surface area (Å²) in [5, 5.41) is 0. The minimum absolute atomic E-state index is 0.150. The highest BCUT2D eigenvalue weighted by atomic mass is 79.9. The Labute approximate surface area is 229 Å². The van der Waals surface area contributed by atoms with Crippen molar-refractivity contribution in [3.63, 3.8) is 0 Å². The van der Waals surface area contributed by atoms with Gasteiger partial charge < -0.3 is 14.2 Å². The molecule has 9 nitrogen and oxygen atoms in total. The number of pyridine rings is 1. The molecule has 3 heterocycles. The molecule has 0 amide bonds. The first kappa shape index (κ1) is 26.1. The molecule has 0 bridgehead atoms. The van der Waals surface area contributed by atoms with Crippen LogP contribution in [0.1, 0.15) is 67.8 Å². The lowest BCUT2D eigenvalue weighted by Gasteiger charge is -2.18. The second-order valence-electron chi connectivity index (χ2n) is 9.44. The predicted molar refractivity (Wildman–Crippen MR) is 143 cm³/mol. The van der Waals surface area contributed by atoms with E-state index in [-0.39, 0.29) is 31.6 Å². The van der Waals surface area contributed by atoms with Crippen LogP contribution in [0.4, 0.5) is 4.79 Å². The van der Waals surface area contributed by atoms with E-state index in [0.717, 1.165) is 51.5 Å². The van der Waals surface area contributed by atoms with Crippen molar-refractivity contribution in [2.45, 2.75) is 57.6 Å². The number of hydrogen-bond acceptors (Lipinski definition) is 8. The second-order valence-corrected chi connectivity index (χ2v) is 10.4. The second kappa shape index (κ2) is 11.1. The number of hydrogen-bond donors (Lipinski definition) is 0. The van der Waals surface area contributed by atoms with Crippen LogP contribution in [-0.4, -0.2) is 51.2 Å². The van der Waals surface area contributed by atoms with E-state index < -0.39 is 11.8 Å². The highest BCUT2D eigenvalue weighted by molar-refractivity contribution is 9.10. The summed E-state index contributed by atoms with van der Waals surface area (Å²) in [5.74, 6) is 0.473. The van der Waals surface area contributed by atoms with Crippen LogP contribution in [0.2, 0.25) is 0 Å². The predicted octanol–water partition coefficient (Wildman–Crippen LogP) is 5.65. The Kier molecular flexibility index (Phi) is 7.60. The van der Waals surface area contributed by atoms with E-state index in [4.69, 9.17) is 24.2 Å². The minimum Gasteiger partial charge on any atom is -0.459 e. The van der Waals surface area contributed by atoms with Gasteiger partial charge in [-0.15, -0.1) is 0 Å². The number of ether oxygens (including phenoxy) is 3. The lowest BCUT2D eigenvalue weighted by Crippen LogP contribution is -2.23. The summed E-state index contributed by atoms with van der Waals surface area (Å²) in [5.41, 5.74) is 3.82. The fourth-order valence-corrected chi connectivity index (χ4v) is 5.01. The number of aryl methyl sites for hydroxylation is 1. The molecule has 1 aliphatic heterocycles. The number of fused-ring (bicyclic) bond motifs is 3. The Bertz CT molecular complexity index is 1370. The van der Waals surface area contributed by atoms with Gasteiger partial charge in [-0.1, -0.05) is 22.0 Å². The van der Waals surface area contributed by atoms with Crippen molar-refractivity contribution in [2.24, 2.45) is 4.99 Å². The van der Waals surface area contributed by atoms with Gasteiger partial charge in [0, 0.05) is 41.0 Å². The number of imidazole rings is 1. The summed E-state index contributed by atoms with van der Waals surface area (Å²) < 4.78 is 18.7. The van der Waals surface area contributed by atoms with E-state index in [2.05, 4.69) is 25.5 Å². The van der Waals surface area contributed by atoms with Gasteiger partial charge in [0.15, 0.2) is 0 Å². The van der Waals surface area contributed by atoms with Gasteiger partial charge in [0.05, 0.1) is 30.3 Å². The summed E-state index contributed by atoms with van der Waals surface area (Å²) in [6.07, 6.45) is 5.44. The zero-order chi connectivity index (χ0) is 26.7. The van der Waals surface area contributed by atoms with Crippen molar-refractivity contribution in [3.05, 3.63) is 76.0 Å². The molecule has 2 aliphatic rings. The summed E-state index contributed by atoms with van der Waals surface area (Å²) in [7, 11) is 0. The number of carbonyl (C=O) groups excluding carboxylic acids is 2. The molecule has 0 unspecified atom stereocenters. The highest BCUT2D eigenvalue weighted by Crippen LogP contribution is 2.43. The summed E-state index contributed by atoms with van der Waals surface area (Å²) in [6.45, 7) is 4.13. The molecule has 1 atom stereocenters. The van der Waals surface area contributed by atoms with Gasteiger partial charge in [0.25, 0.3) is 0 Å².